The van der Waals surface area contributed by atoms with Gasteiger partial charge < -0.3 is 8.61 Å². The van der Waals surface area contributed by atoms with Crippen LogP contribution in [0.1, 0.15) is 0 Å². The molecule has 0 N–H and O–H groups in total. The highest BCUT2D eigenvalue weighted by atomic mass is 32.2. The topological polar surface area (TPSA) is 6.48 Å². The first-order chi connectivity index (χ1) is 9.77. The minimum Gasteiger partial charge on any atom is -0.319 e. The first kappa shape index (κ1) is 15.1. The number of nitrogens with zero attached hydrogens (tertiary/aromatic N) is 2. The van der Waals surface area contributed by atoms with Crippen LogP contribution in [0.15, 0.2) is 60.7 Å². The Morgan fingerprint density at radius 2 is 1.00 bits per heavy atom. The molecule has 0 unspecified atom stereocenters. The molecule has 2 nitrogen and oxygen atoms in total. The third-order valence-electron chi connectivity index (χ3n) is 2.89. The van der Waals surface area contributed by atoms with Gasteiger partial charge in [0.15, 0.2) is 0 Å². The van der Waals surface area contributed by atoms with E-state index in [1.807, 2.05) is 36.0 Å². The van der Waals surface area contributed by atoms with E-state index in [9.17, 15) is 0 Å². The van der Waals surface area contributed by atoms with Gasteiger partial charge in [-0.15, -0.1) is 0 Å². The van der Waals surface area contributed by atoms with Gasteiger partial charge in [-0.1, -0.05) is 36.4 Å². The molecule has 106 valence electrons. The zero-order chi connectivity index (χ0) is 14.2. The molecule has 0 fully saturated rings. The first-order valence-electron chi connectivity index (χ1n) is 6.61. The molecule has 20 heavy (non-hydrogen) atoms. The molecule has 0 aliphatic rings. The molecule has 4 heteroatoms. The Morgan fingerprint density at radius 1 is 0.650 bits per heavy atom. The SMILES string of the molecule is CN(SCCSN(C)c1ccccc1)c1ccccc1. The Kier molecular flexibility index (Phi) is 6.15. The second-order valence-electron chi connectivity index (χ2n) is 4.33. The second-order valence-corrected chi connectivity index (χ2v) is 6.76. The lowest BCUT2D eigenvalue weighted by atomic mass is 10.3. The molecule has 2 rings (SSSR count). The second kappa shape index (κ2) is 8.12. The van der Waals surface area contributed by atoms with Crippen molar-refractivity contribution in [3.05, 3.63) is 60.7 Å². The minimum absolute atomic E-state index is 1.09. The number of benzene rings is 2. The molecule has 0 aliphatic heterocycles. The molecule has 2 aromatic carbocycles. The zero-order valence-electron chi connectivity index (χ0n) is 11.9. The lowest BCUT2D eigenvalue weighted by molar-refractivity contribution is 1.33. The molecule has 0 aromatic heterocycles. The molecule has 0 atom stereocenters. The van der Waals surface area contributed by atoms with E-state index in [2.05, 4.69) is 71.2 Å². The summed E-state index contributed by atoms with van der Waals surface area (Å²) >= 11 is 3.71. The monoisotopic (exact) mass is 304 g/mol. The van der Waals surface area contributed by atoms with Gasteiger partial charge in [0, 0.05) is 37.0 Å². The van der Waals surface area contributed by atoms with Crippen molar-refractivity contribution >= 4 is 35.3 Å². The highest BCUT2D eigenvalue weighted by molar-refractivity contribution is 8.04. The Balaban J connectivity index is 1.69. The third kappa shape index (κ3) is 4.69. The molecule has 0 bridgehead atoms. The lowest BCUT2D eigenvalue weighted by Gasteiger charge is -2.20. The quantitative estimate of drug-likeness (QED) is 0.546. The summed E-state index contributed by atoms with van der Waals surface area (Å²) in [4.78, 5) is 0. The predicted octanol–water partition coefficient (Wildman–Crippen LogP) is 4.56. The van der Waals surface area contributed by atoms with Crippen molar-refractivity contribution in [1.29, 1.82) is 0 Å². The summed E-state index contributed by atoms with van der Waals surface area (Å²) in [5, 5.41) is 0. The molecule has 0 amide bonds. The van der Waals surface area contributed by atoms with Crippen LogP contribution in [0.3, 0.4) is 0 Å². The van der Waals surface area contributed by atoms with Crippen LogP contribution < -0.4 is 8.61 Å². The molecule has 0 saturated heterocycles. The predicted molar refractivity (Wildman–Crippen MR) is 94.6 cm³/mol. The van der Waals surface area contributed by atoms with Crippen LogP contribution in [0.25, 0.3) is 0 Å². The first-order valence-corrected chi connectivity index (χ1v) is 8.49. The molecule has 0 saturated carbocycles. The van der Waals surface area contributed by atoms with E-state index in [0.29, 0.717) is 0 Å². The molecule has 0 heterocycles. The van der Waals surface area contributed by atoms with Crippen LogP contribution >= 0.6 is 23.9 Å². The maximum absolute atomic E-state index is 2.23. The third-order valence-corrected chi connectivity index (χ3v) is 5.12. The molecule has 0 aliphatic carbocycles. The lowest BCUT2D eigenvalue weighted by Crippen LogP contribution is -2.11. The van der Waals surface area contributed by atoms with Gasteiger partial charge in [-0.2, -0.15) is 0 Å². The van der Waals surface area contributed by atoms with Crippen molar-refractivity contribution < 1.29 is 0 Å². The average Bonchev–Trinajstić information content (AvgIpc) is 2.53. The van der Waals surface area contributed by atoms with Crippen molar-refractivity contribution in [1.82, 2.24) is 0 Å². The van der Waals surface area contributed by atoms with Crippen LogP contribution in [0.4, 0.5) is 11.4 Å². The zero-order valence-corrected chi connectivity index (χ0v) is 13.5. The standard InChI is InChI=1S/C16H20N2S2/c1-17(15-9-5-3-6-10-15)19-13-14-20-18(2)16-11-7-4-8-12-16/h3-12H,13-14H2,1-2H3. The fraction of sp³-hybridized carbons (Fsp3) is 0.250. The highest BCUT2D eigenvalue weighted by Gasteiger charge is 2.03. The van der Waals surface area contributed by atoms with Crippen LogP contribution in [-0.4, -0.2) is 25.6 Å². The number of hydrogen-bond acceptors (Lipinski definition) is 4. The Bertz CT molecular complexity index is 443. The smallest absolute Gasteiger partial charge is 0.0466 e. The van der Waals surface area contributed by atoms with Gasteiger partial charge in [-0.05, 0) is 48.2 Å². The molecular formula is C16H20N2S2. The van der Waals surface area contributed by atoms with E-state index >= 15 is 0 Å². The Hall–Kier alpha value is -1.26. The van der Waals surface area contributed by atoms with Crippen LogP contribution in [0, 0.1) is 0 Å². The molecule has 0 radical (unpaired) electrons. The van der Waals surface area contributed by atoms with Crippen LogP contribution in [0.2, 0.25) is 0 Å². The van der Waals surface area contributed by atoms with Crippen LogP contribution in [-0.2, 0) is 0 Å². The largest absolute Gasteiger partial charge is 0.319 e. The van der Waals surface area contributed by atoms with Gasteiger partial charge in [-0.3, -0.25) is 0 Å². The number of hydrogen-bond donors (Lipinski definition) is 0. The van der Waals surface area contributed by atoms with E-state index in [1.165, 1.54) is 11.4 Å². The highest BCUT2D eigenvalue weighted by Crippen LogP contribution is 2.23. The molecular weight excluding hydrogens is 284 g/mol. The molecule has 2 aromatic rings. The maximum atomic E-state index is 2.23. The van der Waals surface area contributed by atoms with E-state index in [-0.39, 0.29) is 0 Å². The minimum atomic E-state index is 1.09. The summed E-state index contributed by atoms with van der Waals surface area (Å²) < 4.78 is 4.45. The summed E-state index contributed by atoms with van der Waals surface area (Å²) in [6.07, 6.45) is 0. The summed E-state index contributed by atoms with van der Waals surface area (Å²) in [7, 11) is 4.23. The fourth-order valence-electron chi connectivity index (χ4n) is 1.77. The van der Waals surface area contributed by atoms with Gasteiger partial charge in [-0.25, -0.2) is 0 Å². The summed E-state index contributed by atoms with van der Waals surface area (Å²) in [5.74, 6) is 2.18. The number of anilines is 2. The summed E-state index contributed by atoms with van der Waals surface area (Å²) in [6, 6.07) is 20.9. The fourth-order valence-corrected chi connectivity index (χ4v) is 3.46. The van der Waals surface area contributed by atoms with Gasteiger partial charge in [0.25, 0.3) is 0 Å². The summed E-state index contributed by atoms with van der Waals surface area (Å²) in [5.41, 5.74) is 2.50. The van der Waals surface area contributed by atoms with E-state index in [4.69, 9.17) is 0 Å². The van der Waals surface area contributed by atoms with Gasteiger partial charge in [0.05, 0.1) is 0 Å². The normalized spacial score (nSPS) is 10.3. The van der Waals surface area contributed by atoms with Gasteiger partial charge in [0.1, 0.15) is 0 Å². The van der Waals surface area contributed by atoms with E-state index in [0.717, 1.165) is 11.5 Å². The van der Waals surface area contributed by atoms with Crippen molar-refractivity contribution in [2.24, 2.45) is 0 Å². The van der Waals surface area contributed by atoms with Gasteiger partial charge in [0.2, 0.25) is 0 Å². The van der Waals surface area contributed by atoms with Crippen molar-refractivity contribution in [3.63, 3.8) is 0 Å². The van der Waals surface area contributed by atoms with E-state index < -0.39 is 0 Å². The maximum Gasteiger partial charge on any atom is 0.0466 e. The van der Waals surface area contributed by atoms with Crippen molar-refractivity contribution in [2.75, 3.05) is 34.2 Å². The Labute approximate surface area is 130 Å². The van der Waals surface area contributed by atoms with Crippen molar-refractivity contribution in [3.8, 4) is 0 Å². The van der Waals surface area contributed by atoms with E-state index in [1.54, 1.807) is 0 Å². The molecule has 0 spiro atoms. The summed E-state index contributed by atoms with van der Waals surface area (Å²) in [6.45, 7) is 0. The average molecular weight is 304 g/mol. The van der Waals surface area contributed by atoms with Gasteiger partial charge >= 0.3 is 0 Å². The number of rotatable bonds is 7. The Morgan fingerprint density at radius 3 is 1.35 bits per heavy atom. The number of para-hydroxylation sites is 2. The van der Waals surface area contributed by atoms with Crippen LogP contribution in [0.5, 0.6) is 0 Å². The van der Waals surface area contributed by atoms with Crippen molar-refractivity contribution in [2.45, 2.75) is 0 Å².